The molecule has 0 spiro atoms. The van der Waals surface area contributed by atoms with E-state index in [1.807, 2.05) is 0 Å². The van der Waals surface area contributed by atoms with Crippen molar-refractivity contribution in [2.45, 2.75) is 42.7 Å². The molecule has 4 nitrogen and oxygen atoms in total. The largest absolute Gasteiger partial charge is 0.440 e. The number of allylic oxidation sites excluding steroid dienone is 2. The van der Waals surface area contributed by atoms with Gasteiger partial charge in [0.05, 0.1) is 11.1 Å². The predicted molar refractivity (Wildman–Crippen MR) is 114 cm³/mol. The third-order valence-corrected chi connectivity index (χ3v) is 7.04. The number of hydrogen-bond acceptors (Lipinski definition) is 4. The molecule has 2 aromatic rings. The molecule has 0 bridgehead atoms. The van der Waals surface area contributed by atoms with Crippen LogP contribution < -0.4 is 0 Å². The Morgan fingerprint density at radius 1 is 0.571 bits per heavy atom. The highest BCUT2D eigenvalue weighted by atomic mass is 19.3. The Labute approximate surface area is 195 Å². The van der Waals surface area contributed by atoms with Gasteiger partial charge in [-0.2, -0.15) is 26.3 Å². The minimum absolute atomic E-state index is 0.171. The molecule has 180 valence electrons. The number of hydrogen-bond donors (Lipinski definition) is 0. The predicted octanol–water partition coefficient (Wildman–Crippen LogP) is 5.90. The van der Waals surface area contributed by atoms with Crippen molar-refractivity contribution in [3.8, 4) is 0 Å². The van der Waals surface area contributed by atoms with Gasteiger partial charge in [-0.1, -0.05) is 36.4 Å². The Morgan fingerprint density at radius 3 is 1.26 bits per heavy atom. The van der Waals surface area contributed by atoms with Crippen molar-refractivity contribution in [2.75, 3.05) is 0 Å². The van der Waals surface area contributed by atoms with Crippen molar-refractivity contribution < 1.29 is 35.8 Å². The summed E-state index contributed by atoms with van der Waals surface area (Å²) in [6.07, 6.45) is 0. The summed E-state index contributed by atoms with van der Waals surface area (Å²) in [5.41, 5.74) is -6.25. The van der Waals surface area contributed by atoms with Crippen molar-refractivity contribution in [2.24, 2.45) is 9.98 Å². The average Bonchev–Trinajstić information content (AvgIpc) is 3.40. The second kappa shape index (κ2) is 6.35. The minimum Gasteiger partial charge on any atom is -0.440 e. The van der Waals surface area contributed by atoms with Gasteiger partial charge in [-0.3, -0.25) is 0 Å². The van der Waals surface area contributed by atoms with E-state index in [0.717, 1.165) is 0 Å². The molecular formula is C25H16F6N2O2. The molecule has 0 radical (unpaired) electrons. The summed E-state index contributed by atoms with van der Waals surface area (Å²) < 4.78 is 101. The maximum Gasteiger partial charge on any atom is 0.380 e. The highest BCUT2D eigenvalue weighted by Gasteiger charge is 2.86. The van der Waals surface area contributed by atoms with Crippen molar-refractivity contribution in [3.05, 3.63) is 94.5 Å². The maximum atomic E-state index is 15.1. The Kier molecular flexibility index (Phi) is 3.98. The number of benzene rings is 2. The van der Waals surface area contributed by atoms with Crippen LogP contribution in [-0.2, 0) is 9.47 Å². The smallest absolute Gasteiger partial charge is 0.380 e. The monoisotopic (exact) mass is 490 g/mol. The molecule has 1 saturated carbocycles. The van der Waals surface area contributed by atoms with Gasteiger partial charge in [-0.25, -0.2) is 9.98 Å². The molecular weight excluding hydrogens is 474 g/mol. The summed E-state index contributed by atoms with van der Waals surface area (Å²) in [6, 6.07) is 16.2. The number of halogens is 6. The fraction of sp³-hybridized carbons (Fsp3) is 0.280. The molecule has 2 unspecified atom stereocenters. The molecule has 0 N–H and O–H groups in total. The molecule has 35 heavy (non-hydrogen) atoms. The van der Waals surface area contributed by atoms with E-state index in [2.05, 4.69) is 9.98 Å². The van der Waals surface area contributed by atoms with E-state index in [-0.39, 0.29) is 11.8 Å². The third kappa shape index (κ3) is 2.39. The van der Waals surface area contributed by atoms with Crippen LogP contribution in [0.3, 0.4) is 0 Å². The van der Waals surface area contributed by atoms with Crippen LogP contribution in [0.25, 0.3) is 0 Å². The summed E-state index contributed by atoms with van der Waals surface area (Å²) in [5, 5.41) is 0. The molecule has 2 aliphatic heterocycles. The molecule has 0 amide bonds. The van der Waals surface area contributed by atoms with Crippen LogP contribution in [0.1, 0.15) is 25.0 Å². The maximum absolute atomic E-state index is 15.1. The number of alkyl halides is 6. The first-order valence-electron chi connectivity index (χ1n) is 10.7. The second-order valence-electron chi connectivity index (χ2n) is 9.05. The summed E-state index contributed by atoms with van der Waals surface area (Å²) in [6.45, 7) is 2.68. The summed E-state index contributed by atoms with van der Waals surface area (Å²) in [4.78, 5) is 8.94. The summed E-state index contributed by atoms with van der Waals surface area (Å²) in [5.74, 6) is -18.2. The van der Waals surface area contributed by atoms with Crippen molar-refractivity contribution >= 4 is 11.8 Å². The minimum atomic E-state index is -5.73. The van der Waals surface area contributed by atoms with Crippen molar-refractivity contribution in [1.29, 1.82) is 0 Å². The van der Waals surface area contributed by atoms with Gasteiger partial charge in [0.1, 0.15) is 11.5 Å². The van der Waals surface area contributed by atoms with E-state index in [9.17, 15) is 8.78 Å². The molecule has 2 aliphatic carbocycles. The highest BCUT2D eigenvalue weighted by Crippen LogP contribution is 2.69. The van der Waals surface area contributed by atoms with Crippen molar-refractivity contribution in [1.82, 2.24) is 0 Å². The Balaban J connectivity index is 1.67. The molecule has 2 aromatic carbocycles. The number of rotatable bonds is 2. The summed E-state index contributed by atoms with van der Waals surface area (Å²) in [7, 11) is 0. The van der Waals surface area contributed by atoms with E-state index < -0.39 is 51.5 Å². The van der Waals surface area contributed by atoms with Crippen LogP contribution >= 0.6 is 0 Å². The first-order valence-corrected chi connectivity index (χ1v) is 10.7. The van der Waals surface area contributed by atoms with Crippen LogP contribution in [0.4, 0.5) is 26.3 Å². The molecule has 1 fully saturated rings. The molecule has 6 rings (SSSR count). The average molecular weight is 490 g/mol. The summed E-state index contributed by atoms with van der Waals surface area (Å²) >= 11 is 0. The zero-order valence-electron chi connectivity index (χ0n) is 18.3. The van der Waals surface area contributed by atoms with E-state index >= 15 is 17.6 Å². The SMILES string of the molecule is CC12N=C(c3ccccc3)OC1=C1C(=C3OC(c4ccccc4)=NC32C)C(F)(F)C(F)(F)C1(F)F. The van der Waals surface area contributed by atoms with Gasteiger partial charge in [0.2, 0.25) is 11.8 Å². The first kappa shape index (κ1) is 21.9. The standard InChI is InChI=1S/C25H16F6N2O2/c1-21-17(34-19(32-21)13-9-5-3-6-10-13)15-16(24(28,29)25(30,31)23(15,26)27)18-22(21,2)33-20(35-18)14-11-7-4-8-12-14/h3-12H,1-2H3. The van der Waals surface area contributed by atoms with Gasteiger partial charge < -0.3 is 9.47 Å². The topological polar surface area (TPSA) is 43.2 Å². The van der Waals surface area contributed by atoms with Crippen LogP contribution in [0, 0.1) is 0 Å². The Hall–Kier alpha value is -3.56. The third-order valence-electron chi connectivity index (χ3n) is 7.04. The van der Waals surface area contributed by atoms with Gasteiger partial charge in [0, 0.05) is 11.1 Å². The lowest BCUT2D eigenvalue weighted by Gasteiger charge is -2.40. The zero-order valence-corrected chi connectivity index (χ0v) is 18.3. The fourth-order valence-corrected chi connectivity index (χ4v) is 4.94. The van der Waals surface area contributed by atoms with E-state index in [4.69, 9.17) is 9.47 Å². The number of nitrogens with zero attached hydrogens (tertiary/aromatic N) is 2. The fourth-order valence-electron chi connectivity index (χ4n) is 4.94. The van der Waals surface area contributed by atoms with Crippen LogP contribution in [0.15, 0.2) is 93.3 Å². The van der Waals surface area contributed by atoms with E-state index in [0.29, 0.717) is 11.1 Å². The number of ether oxygens (including phenoxy) is 2. The van der Waals surface area contributed by atoms with Crippen LogP contribution in [0.5, 0.6) is 0 Å². The molecule has 4 aliphatic rings. The second-order valence-corrected chi connectivity index (χ2v) is 9.05. The van der Waals surface area contributed by atoms with Gasteiger partial charge >= 0.3 is 17.8 Å². The van der Waals surface area contributed by atoms with Crippen LogP contribution in [-0.4, -0.2) is 40.6 Å². The Bertz CT molecular complexity index is 1290. The molecule has 0 saturated heterocycles. The van der Waals surface area contributed by atoms with Crippen molar-refractivity contribution in [3.63, 3.8) is 0 Å². The lowest BCUT2D eigenvalue weighted by molar-refractivity contribution is -0.258. The highest BCUT2D eigenvalue weighted by molar-refractivity contribution is 6.00. The van der Waals surface area contributed by atoms with E-state index in [1.54, 1.807) is 60.7 Å². The number of fused-ring (bicyclic) bond motifs is 4. The number of aliphatic imine (C=N–C) groups is 2. The Morgan fingerprint density at radius 2 is 0.914 bits per heavy atom. The van der Waals surface area contributed by atoms with E-state index in [1.165, 1.54) is 13.8 Å². The lowest BCUT2D eigenvalue weighted by Crippen LogP contribution is -2.51. The normalized spacial score (nSPS) is 31.2. The zero-order chi connectivity index (χ0) is 25.0. The van der Waals surface area contributed by atoms with Gasteiger partial charge in [-0.05, 0) is 38.1 Å². The first-order chi connectivity index (χ1) is 16.4. The van der Waals surface area contributed by atoms with Gasteiger partial charge in [0.15, 0.2) is 11.1 Å². The van der Waals surface area contributed by atoms with Crippen LogP contribution in [0.2, 0.25) is 0 Å². The molecule has 10 heteroatoms. The van der Waals surface area contributed by atoms with Gasteiger partial charge in [-0.15, -0.1) is 0 Å². The molecule has 2 heterocycles. The molecule has 2 atom stereocenters. The molecule has 0 aromatic heterocycles. The lowest BCUT2D eigenvalue weighted by atomic mass is 9.70. The van der Waals surface area contributed by atoms with Gasteiger partial charge in [0.25, 0.3) is 0 Å². The quantitative estimate of drug-likeness (QED) is 0.492.